The molecule has 0 radical (unpaired) electrons. The zero-order valence-corrected chi connectivity index (χ0v) is 16.3. The number of aliphatic carboxylic acids is 1. The lowest BCUT2D eigenvalue weighted by Gasteiger charge is -2.26. The number of aliphatic hydroxyl groups excluding tert-OH is 2. The quantitative estimate of drug-likeness (QED) is 0.144. The first kappa shape index (κ1) is 26.2. The van der Waals surface area contributed by atoms with Crippen molar-refractivity contribution < 1.29 is 39.3 Å². The van der Waals surface area contributed by atoms with Crippen LogP contribution in [-0.2, 0) is 24.0 Å². The van der Waals surface area contributed by atoms with Gasteiger partial charge in [-0.15, -0.1) is 0 Å². The molecule has 4 unspecified atom stereocenters. The minimum atomic E-state index is -1.61. The Morgan fingerprint density at radius 2 is 1.41 bits per heavy atom. The maximum absolute atomic E-state index is 12.6. The van der Waals surface area contributed by atoms with Crippen molar-refractivity contribution in [2.75, 3.05) is 13.2 Å². The Hall–Kier alpha value is -2.77. The topological polar surface area (TPSA) is 234 Å². The van der Waals surface area contributed by atoms with Crippen molar-refractivity contribution in [3.8, 4) is 0 Å². The Labute approximate surface area is 167 Å². The second-order valence-electron chi connectivity index (χ2n) is 6.67. The fourth-order valence-electron chi connectivity index (χ4n) is 2.15. The molecule has 0 aromatic rings. The highest BCUT2D eigenvalue weighted by Gasteiger charge is 2.31. The molecule has 0 saturated carbocycles. The van der Waals surface area contributed by atoms with Gasteiger partial charge in [0.15, 0.2) is 0 Å². The number of carbonyl (C=O) groups is 5. The Kier molecular flexibility index (Phi) is 11.4. The van der Waals surface area contributed by atoms with Crippen molar-refractivity contribution in [2.24, 2.45) is 17.4 Å². The SMILES string of the molecule is CC(C)C(NC(=O)C(N)CO)C(=O)NC(CCC(N)=O)C(=O)NC(CO)C(=O)O. The average Bonchev–Trinajstić information content (AvgIpc) is 2.65. The lowest BCUT2D eigenvalue weighted by atomic mass is 10.0. The van der Waals surface area contributed by atoms with Crippen LogP contribution in [0.3, 0.4) is 0 Å². The van der Waals surface area contributed by atoms with Crippen molar-refractivity contribution in [3.63, 3.8) is 0 Å². The van der Waals surface area contributed by atoms with E-state index in [4.69, 9.17) is 26.8 Å². The summed E-state index contributed by atoms with van der Waals surface area (Å²) in [6.07, 6.45) is -0.525. The molecule has 0 heterocycles. The number of amides is 4. The molecule has 10 N–H and O–H groups in total. The molecule has 0 aromatic heterocycles. The fourth-order valence-corrected chi connectivity index (χ4v) is 2.15. The zero-order valence-electron chi connectivity index (χ0n) is 16.3. The van der Waals surface area contributed by atoms with Crippen LogP contribution in [0.1, 0.15) is 26.7 Å². The van der Waals surface area contributed by atoms with E-state index in [2.05, 4.69) is 10.6 Å². The fraction of sp³-hybridized carbons (Fsp3) is 0.688. The third kappa shape index (κ3) is 9.32. The van der Waals surface area contributed by atoms with Crippen molar-refractivity contribution in [3.05, 3.63) is 0 Å². The molecule has 0 fully saturated rings. The van der Waals surface area contributed by atoms with Gasteiger partial charge >= 0.3 is 5.97 Å². The summed E-state index contributed by atoms with van der Waals surface area (Å²) >= 11 is 0. The first-order valence-electron chi connectivity index (χ1n) is 8.84. The molecule has 0 saturated heterocycles. The Bertz CT molecular complexity index is 612. The van der Waals surface area contributed by atoms with E-state index in [9.17, 15) is 24.0 Å². The lowest BCUT2D eigenvalue weighted by Crippen LogP contribution is -2.59. The van der Waals surface area contributed by atoms with Gasteiger partial charge in [0.1, 0.15) is 24.2 Å². The van der Waals surface area contributed by atoms with Crippen molar-refractivity contribution in [2.45, 2.75) is 50.9 Å². The maximum Gasteiger partial charge on any atom is 0.328 e. The van der Waals surface area contributed by atoms with Crippen LogP contribution in [0.25, 0.3) is 0 Å². The van der Waals surface area contributed by atoms with Gasteiger partial charge in [0.05, 0.1) is 13.2 Å². The van der Waals surface area contributed by atoms with E-state index >= 15 is 0 Å². The number of hydrogen-bond donors (Lipinski definition) is 8. The molecule has 0 aromatic carbocycles. The molecule has 0 bridgehead atoms. The van der Waals surface area contributed by atoms with E-state index in [1.807, 2.05) is 5.32 Å². The van der Waals surface area contributed by atoms with Gasteiger partial charge in [-0.05, 0) is 12.3 Å². The molecule has 29 heavy (non-hydrogen) atoms. The largest absolute Gasteiger partial charge is 0.480 e. The summed E-state index contributed by atoms with van der Waals surface area (Å²) in [6.45, 7) is 1.69. The van der Waals surface area contributed by atoms with Crippen LogP contribution < -0.4 is 27.4 Å². The highest BCUT2D eigenvalue weighted by molar-refractivity contribution is 5.94. The smallest absolute Gasteiger partial charge is 0.328 e. The Morgan fingerprint density at radius 1 is 0.862 bits per heavy atom. The molecule has 4 atom stereocenters. The number of hydrogen-bond acceptors (Lipinski definition) is 8. The summed E-state index contributed by atoms with van der Waals surface area (Å²) in [7, 11) is 0. The highest BCUT2D eigenvalue weighted by atomic mass is 16.4. The van der Waals surface area contributed by atoms with Crippen LogP contribution in [-0.4, -0.2) is 82.3 Å². The summed E-state index contributed by atoms with van der Waals surface area (Å²) in [6, 6.07) is -5.34. The molecule has 13 nitrogen and oxygen atoms in total. The molecule has 0 aliphatic heterocycles. The van der Waals surface area contributed by atoms with Gasteiger partial charge in [-0.1, -0.05) is 13.8 Å². The van der Waals surface area contributed by atoms with Crippen LogP contribution in [0.2, 0.25) is 0 Å². The first-order valence-corrected chi connectivity index (χ1v) is 8.84. The van der Waals surface area contributed by atoms with Crippen LogP contribution in [0.4, 0.5) is 0 Å². The van der Waals surface area contributed by atoms with E-state index in [-0.39, 0.29) is 12.8 Å². The normalized spacial score (nSPS) is 15.0. The van der Waals surface area contributed by atoms with Crippen LogP contribution >= 0.6 is 0 Å². The molecule has 0 spiro atoms. The van der Waals surface area contributed by atoms with Crippen molar-refractivity contribution in [1.29, 1.82) is 0 Å². The summed E-state index contributed by atoms with van der Waals surface area (Å²) < 4.78 is 0. The number of carboxylic acids is 1. The lowest BCUT2D eigenvalue weighted by molar-refractivity contribution is -0.143. The molecule has 4 amide bonds. The van der Waals surface area contributed by atoms with Crippen molar-refractivity contribution >= 4 is 29.6 Å². The van der Waals surface area contributed by atoms with Crippen LogP contribution in [0.15, 0.2) is 0 Å². The predicted molar refractivity (Wildman–Crippen MR) is 98.8 cm³/mol. The monoisotopic (exact) mass is 419 g/mol. The molecule has 0 aliphatic carbocycles. The minimum Gasteiger partial charge on any atom is -0.480 e. The predicted octanol–water partition coefficient (Wildman–Crippen LogP) is -4.24. The van der Waals surface area contributed by atoms with Gasteiger partial charge in [0, 0.05) is 6.42 Å². The van der Waals surface area contributed by atoms with Gasteiger partial charge in [-0.25, -0.2) is 4.79 Å². The summed E-state index contributed by atoms with van der Waals surface area (Å²) in [4.78, 5) is 58.8. The number of primary amides is 1. The molecular formula is C16H29N5O8. The average molecular weight is 419 g/mol. The number of carboxylic acid groups (broad SMARTS) is 1. The van der Waals surface area contributed by atoms with Gasteiger partial charge in [0.2, 0.25) is 23.6 Å². The highest BCUT2D eigenvalue weighted by Crippen LogP contribution is 2.06. The molecule has 0 aliphatic rings. The second kappa shape index (κ2) is 12.6. The number of aliphatic hydroxyl groups is 2. The Balaban J connectivity index is 5.37. The summed E-state index contributed by atoms with van der Waals surface area (Å²) in [5.74, 6) is -5.22. The zero-order chi connectivity index (χ0) is 22.7. The molecular weight excluding hydrogens is 390 g/mol. The number of nitrogens with two attached hydrogens (primary N) is 2. The first-order chi connectivity index (χ1) is 13.4. The van der Waals surface area contributed by atoms with E-state index in [1.165, 1.54) is 0 Å². The third-order valence-electron chi connectivity index (χ3n) is 3.89. The van der Waals surface area contributed by atoms with Gasteiger partial charge in [-0.3, -0.25) is 19.2 Å². The van der Waals surface area contributed by atoms with Crippen LogP contribution in [0.5, 0.6) is 0 Å². The second-order valence-corrected chi connectivity index (χ2v) is 6.67. The molecule has 13 heteroatoms. The molecule has 166 valence electrons. The standard InChI is InChI=1S/C16H29N5O8/c1-7(2)12(21-13(25)8(17)5-22)15(27)19-9(3-4-11(18)24)14(26)20-10(6-23)16(28)29/h7-10,12,22-23H,3-6,17H2,1-2H3,(H2,18,24)(H,19,27)(H,20,26)(H,21,25)(H,28,29). The van der Waals surface area contributed by atoms with Gasteiger partial charge < -0.3 is 42.7 Å². The summed E-state index contributed by atoms with van der Waals surface area (Å²) in [5.41, 5.74) is 10.5. The van der Waals surface area contributed by atoms with E-state index in [0.29, 0.717) is 0 Å². The van der Waals surface area contributed by atoms with E-state index in [0.717, 1.165) is 0 Å². The maximum atomic E-state index is 12.6. The van der Waals surface area contributed by atoms with Gasteiger partial charge in [-0.2, -0.15) is 0 Å². The number of rotatable bonds is 13. The van der Waals surface area contributed by atoms with E-state index < -0.39 is 72.9 Å². The van der Waals surface area contributed by atoms with E-state index in [1.54, 1.807) is 13.8 Å². The number of carbonyl (C=O) groups excluding carboxylic acids is 4. The van der Waals surface area contributed by atoms with Gasteiger partial charge in [0.25, 0.3) is 0 Å². The molecule has 0 rings (SSSR count). The minimum absolute atomic E-state index is 0.237. The summed E-state index contributed by atoms with van der Waals surface area (Å²) in [5, 5.41) is 33.6. The number of nitrogens with one attached hydrogen (secondary N) is 3. The van der Waals surface area contributed by atoms with Crippen LogP contribution in [0, 0.1) is 5.92 Å². The Morgan fingerprint density at radius 3 is 1.83 bits per heavy atom. The van der Waals surface area contributed by atoms with Crippen molar-refractivity contribution in [1.82, 2.24) is 16.0 Å². The third-order valence-corrected chi connectivity index (χ3v) is 3.89.